The van der Waals surface area contributed by atoms with Crippen LogP contribution in [0.2, 0.25) is 0 Å². The monoisotopic (exact) mass is 340 g/mol. The van der Waals surface area contributed by atoms with Gasteiger partial charge in [-0.15, -0.1) is 0 Å². The Balaban J connectivity index is 1.93. The average molecular weight is 341 g/mol. The number of furan rings is 1. The van der Waals surface area contributed by atoms with Crippen LogP contribution in [0.3, 0.4) is 0 Å². The van der Waals surface area contributed by atoms with Crippen molar-refractivity contribution in [2.45, 2.75) is 0 Å². The molecule has 0 aliphatic carbocycles. The summed E-state index contributed by atoms with van der Waals surface area (Å²) < 4.78 is 6.28. The maximum atomic E-state index is 12.2. The first-order chi connectivity index (χ1) is 10.2. The molecule has 0 unspecified atom stereocenters. The van der Waals surface area contributed by atoms with Gasteiger partial charge < -0.3 is 9.73 Å². The zero-order chi connectivity index (χ0) is 14.8. The summed E-state index contributed by atoms with van der Waals surface area (Å²) >= 11 is 3.32. The Bertz CT molecular complexity index is 844. The smallest absolute Gasteiger partial charge is 0.291 e. The SMILES string of the molecule is N#Cc1ccc(Br)cc1NC(=O)c1cc2ccccc2o1. The van der Waals surface area contributed by atoms with Crippen LogP contribution in [0.15, 0.2) is 57.4 Å². The van der Waals surface area contributed by atoms with Crippen LogP contribution in [0.25, 0.3) is 11.0 Å². The first-order valence-electron chi connectivity index (χ1n) is 6.17. The third kappa shape index (κ3) is 2.67. The molecule has 102 valence electrons. The Labute approximate surface area is 129 Å². The highest BCUT2D eigenvalue weighted by molar-refractivity contribution is 9.10. The van der Waals surface area contributed by atoms with Gasteiger partial charge in [0.2, 0.25) is 0 Å². The molecule has 0 atom stereocenters. The Morgan fingerprint density at radius 3 is 2.76 bits per heavy atom. The Morgan fingerprint density at radius 2 is 2.00 bits per heavy atom. The summed E-state index contributed by atoms with van der Waals surface area (Å²) in [6, 6.07) is 16.2. The highest BCUT2D eigenvalue weighted by atomic mass is 79.9. The largest absolute Gasteiger partial charge is 0.451 e. The van der Waals surface area contributed by atoms with E-state index in [1.165, 1.54) is 0 Å². The number of anilines is 1. The van der Waals surface area contributed by atoms with Crippen LogP contribution in [-0.4, -0.2) is 5.91 Å². The second kappa shape index (κ2) is 5.43. The average Bonchev–Trinajstić information content (AvgIpc) is 2.91. The van der Waals surface area contributed by atoms with Crippen molar-refractivity contribution >= 4 is 38.5 Å². The molecule has 21 heavy (non-hydrogen) atoms. The molecule has 4 nitrogen and oxygen atoms in total. The van der Waals surface area contributed by atoms with Crippen molar-refractivity contribution in [3.63, 3.8) is 0 Å². The van der Waals surface area contributed by atoms with E-state index in [4.69, 9.17) is 9.68 Å². The molecule has 2 aromatic carbocycles. The summed E-state index contributed by atoms with van der Waals surface area (Å²) in [6.45, 7) is 0. The molecule has 0 fully saturated rings. The van der Waals surface area contributed by atoms with Gasteiger partial charge in [-0.25, -0.2) is 0 Å². The fraction of sp³-hybridized carbons (Fsp3) is 0. The van der Waals surface area contributed by atoms with Crippen molar-refractivity contribution in [3.05, 3.63) is 64.3 Å². The molecular formula is C16H9BrN2O2. The summed E-state index contributed by atoms with van der Waals surface area (Å²) in [6.07, 6.45) is 0. The number of hydrogen-bond donors (Lipinski definition) is 1. The fourth-order valence-corrected chi connectivity index (χ4v) is 2.36. The van der Waals surface area contributed by atoms with Crippen molar-refractivity contribution in [1.82, 2.24) is 0 Å². The summed E-state index contributed by atoms with van der Waals surface area (Å²) in [4.78, 5) is 12.2. The first-order valence-corrected chi connectivity index (χ1v) is 6.96. The third-order valence-electron chi connectivity index (χ3n) is 3.00. The zero-order valence-corrected chi connectivity index (χ0v) is 12.3. The predicted molar refractivity (Wildman–Crippen MR) is 83.0 cm³/mol. The minimum absolute atomic E-state index is 0.208. The van der Waals surface area contributed by atoms with E-state index in [1.807, 2.05) is 24.3 Å². The standard InChI is InChI=1S/C16H9BrN2O2/c17-12-6-5-11(9-18)13(8-12)19-16(20)15-7-10-3-1-2-4-14(10)21-15/h1-8H,(H,19,20). The number of benzene rings is 2. The van der Waals surface area contributed by atoms with E-state index in [-0.39, 0.29) is 11.7 Å². The van der Waals surface area contributed by atoms with Crippen LogP contribution < -0.4 is 5.32 Å². The number of amides is 1. The number of nitrogens with one attached hydrogen (secondary N) is 1. The number of carbonyl (C=O) groups is 1. The maximum absolute atomic E-state index is 12.2. The molecule has 0 aliphatic rings. The Kier molecular flexibility index (Phi) is 3.46. The Hall–Kier alpha value is -2.58. The minimum Gasteiger partial charge on any atom is -0.451 e. The van der Waals surface area contributed by atoms with Crippen molar-refractivity contribution in [1.29, 1.82) is 5.26 Å². The van der Waals surface area contributed by atoms with Crippen molar-refractivity contribution in [2.75, 3.05) is 5.32 Å². The van der Waals surface area contributed by atoms with Crippen LogP contribution in [0.4, 0.5) is 5.69 Å². The molecule has 3 aromatic rings. The predicted octanol–water partition coefficient (Wildman–Crippen LogP) is 4.32. The minimum atomic E-state index is -0.388. The fourth-order valence-electron chi connectivity index (χ4n) is 2.00. The van der Waals surface area contributed by atoms with Crippen LogP contribution in [-0.2, 0) is 0 Å². The highest BCUT2D eigenvalue weighted by Crippen LogP contribution is 2.23. The number of hydrogen-bond acceptors (Lipinski definition) is 3. The third-order valence-corrected chi connectivity index (χ3v) is 3.49. The zero-order valence-electron chi connectivity index (χ0n) is 10.8. The topological polar surface area (TPSA) is 66.0 Å². The number of fused-ring (bicyclic) bond motifs is 1. The van der Waals surface area contributed by atoms with Gasteiger partial charge in [0.25, 0.3) is 5.91 Å². The van der Waals surface area contributed by atoms with Crippen molar-refractivity contribution in [3.8, 4) is 6.07 Å². The Morgan fingerprint density at radius 1 is 1.19 bits per heavy atom. The number of nitriles is 1. The molecule has 1 N–H and O–H groups in total. The molecule has 3 rings (SSSR count). The van der Waals surface area contributed by atoms with E-state index in [9.17, 15) is 4.79 Å². The van der Waals surface area contributed by atoms with Crippen LogP contribution in [0.1, 0.15) is 16.1 Å². The molecule has 0 radical (unpaired) electrons. The number of nitrogens with zero attached hydrogens (tertiary/aromatic N) is 1. The van der Waals surface area contributed by atoms with Gasteiger partial charge in [0.05, 0.1) is 11.3 Å². The van der Waals surface area contributed by atoms with E-state index in [0.29, 0.717) is 16.8 Å². The number of para-hydroxylation sites is 1. The molecular weight excluding hydrogens is 332 g/mol. The molecule has 0 bridgehead atoms. The number of halogens is 1. The van der Waals surface area contributed by atoms with E-state index in [2.05, 4.69) is 21.2 Å². The van der Waals surface area contributed by atoms with Gasteiger partial charge in [-0.1, -0.05) is 34.1 Å². The highest BCUT2D eigenvalue weighted by Gasteiger charge is 2.14. The number of rotatable bonds is 2. The van der Waals surface area contributed by atoms with Crippen LogP contribution in [0, 0.1) is 11.3 Å². The van der Waals surface area contributed by atoms with Gasteiger partial charge in [-0.05, 0) is 30.3 Å². The summed E-state index contributed by atoms with van der Waals surface area (Å²) in [7, 11) is 0. The molecule has 1 aromatic heterocycles. The van der Waals surface area contributed by atoms with E-state index >= 15 is 0 Å². The molecule has 0 spiro atoms. The van der Waals surface area contributed by atoms with Gasteiger partial charge in [-0.3, -0.25) is 4.79 Å². The lowest BCUT2D eigenvalue weighted by molar-refractivity contribution is 0.0998. The van der Waals surface area contributed by atoms with Crippen molar-refractivity contribution in [2.24, 2.45) is 0 Å². The second-order valence-corrected chi connectivity index (χ2v) is 5.32. The molecule has 5 heteroatoms. The summed E-state index contributed by atoms with van der Waals surface area (Å²) in [5, 5.41) is 12.6. The molecule has 0 saturated heterocycles. The second-order valence-electron chi connectivity index (χ2n) is 4.40. The van der Waals surface area contributed by atoms with Crippen LogP contribution >= 0.6 is 15.9 Å². The van der Waals surface area contributed by atoms with E-state index in [1.54, 1.807) is 30.3 Å². The lowest BCUT2D eigenvalue weighted by Crippen LogP contribution is -2.11. The van der Waals surface area contributed by atoms with Crippen LogP contribution in [0.5, 0.6) is 0 Å². The number of carbonyl (C=O) groups excluding carboxylic acids is 1. The maximum Gasteiger partial charge on any atom is 0.291 e. The summed E-state index contributed by atoms with van der Waals surface area (Å²) in [5.41, 5.74) is 1.48. The van der Waals surface area contributed by atoms with E-state index in [0.717, 1.165) is 9.86 Å². The van der Waals surface area contributed by atoms with Gasteiger partial charge in [-0.2, -0.15) is 5.26 Å². The van der Waals surface area contributed by atoms with Gasteiger partial charge in [0.1, 0.15) is 11.7 Å². The van der Waals surface area contributed by atoms with Crippen molar-refractivity contribution < 1.29 is 9.21 Å². The van der Waals surface area contributed by atoms with Gasteiger partial charge in [0, 0.05) is 9.86 Å². The lowest BCUT2D eigenvalue weighted by Gasteiger charge is -2.05. The molecule has 0 saturated carbocycles. The summed E-state index contributed by atoms with van der Waals surface area (Å²) in [5.74, 6) is -0.180. The molecule has 0 aliphatic heterocycles. The molecule has 1 heterocycles. The van der Waals surface area contributed by atoms with E-state index < -0.39 is 0 Å². The first kappa shape index (κ1) is 13.4. The van der Waals surface area contributed by atoms with Gasteiger partial charge >= 0.3 is 0 Å². The quantitative estimate of drug-likeness (QED) is 0.755. The molecule has 1 amide bonds. The lowest BCUT2D eigenvalue weighted by atomic mass is 10.2. The van der Waals surface area contributed by atoms with Gasteiger partial charge in [0.15, 0.2) is 5.76 Å². The normalized spacial score (nSPS) is 10.3.